The van der Waals surface area contributed by atoms with Crippen molar-refractivity contribution in [1.82, 2.24) is 4.90 Å². The molecule has 2 saturated heterocycles. The zero-order valence-corrected chi connectivity index (χ0v) is 7.71. The topological polar surface area (TPSA) is 3.24 Å². The zero-order chi connectivity index (χ0) is 7.84. The number of rotatable bonds is 1. The Morgan fingerprint density at radius 2 is 2.27 bits per heavy atom. The van der Waals surface area contributed by atoms with Crippen LogP contribution in [0.2, 0.25) is 0 Å². The first-order valence-corrected chi connectivity index (χ1v) is 5.05. The van der Waals surface area contributed by atoms with E-state index in [-0.39, 0.29) is 0 Å². The van der Waals surface area contributed by atoms with Gasteiger partial charge in [0, 0.05) is 12.6 Å². The van der Waals surface area contributed by atoms with Crippen molar-refractivity contribution in [2.24, 2.45) is 11.8 Å². The third-order valence-electron chi connectivity index (χ3n) is 3.64. The fourth-order valence-corrected chi connectivity index (χ4v) is 2.74. The molecule has 0 spiro atoms. The predicted octanol–water partition coefficient (Wildman–Crippen LogP) is 2.13. The first-order chi connectivity index (χ1) is 5.31. The lowest BCUT2D eigenvalue weighted by Gasteiger charge is -2.15. The summed E-state index contributed by atoms with van der Waals surface area (Å²) in [4.78, 5) is 2.71. The Balaban J connectivity index is 1.98. The fraction of sp³-hybridized carbons (Fsp3) is 1.00. The van der Waals surface area contributed by atoms with Gasteiger partial charge >= 0.3 is 0 Å². The maximum Gasteiger partial charge on any atom is 0.0125 e. The molecule has 0 radical (unpaired) electrons. The summed E-state index contributed by atoms with van der Waals surface area (Å²) in [6.45, 7) is 7.52. The molecule has 0 aromatic heterocycles. The largest absolute Gasteiger partial charge is 0.300 e. The van der Waals surface area contributed by atoms with Crippen molar-refractivity contribution in [1.29, 1.82) is 0 Å². The van der Waals surface area contributed by atoms with Gasteiger partial charge in [-0.15, -0.1) is 0 Å². The van der Waals surface area contributed by atoms with Crippen molar-refractivity contribution in [3.05, 3.63) is 0 Å². The lowest BCUT2D eigenvalue weighted by molar-refractivity contribution is 0.295. The maximum absolute atomic E-state index is 2.71. The van der Waals surface area contributed by atoms with Crippen LogP contribution < -0.4 is 0 Å². The van der Waals surface area contributed by atoms with Crippen LogP contribution in [0.25, 0.3) is 0 Å². The maximum atomic E-state index is 2.71. The lowest BCUT2D eigenvalue weighted by Crippen LogP contribution is -2.24. The molecule has 0 aromatic carbocycles. The highest BCUT2D eigenvalue weighted by atomic mass is 15.2. The molecular weight excluding hydrogens is 134 g/mol. The molecule has 0 bridgehead atoms. The van der Waals surface area contributed by atoms with E-state index in [4.69, 9.17) is 0 Å². The fourth-order valence-electron chi connectivity index (χ4n) is 2.74. The van der Waals surface area contributed by atoms with Crippen LogP contribution in [0.5, 0.6) is 0 Å². The summed E-state index contributed by atoms with van der Waals surface area (Å²) < 4.78 is 0. The standard InChI is InChI=1S/C10H19N/c1-3-9-6-10-8(2)4-5-11(10)7-9/h8-10H,3-7H2,1-2H3. The van der Waals surface area contributed by atoms with Crippen LogP contribution in [0, 0.1) is 11.8 Å². The van der Waals surface area contributed by atoms with Crippen molar-refractivity contribution < 1.29 is 0 Å². The van der Waals surface area contributed by atoms with Gasteiger partial charge in [0.05, 0.1) is 0 Å². The molecule has 0 aromatic rings. The van der Waals surface area contributed by atoms with Gasteiger partial charge in [-0.05, 0) is 31.2 Å². The second-order valence-corrected chi connectivity index (χ2v) is 4.34. The van der Waals surface area contributed by atoms with Crippen molar-refractivity contribution in [3.8, 4) is 0 Å². The van der Waals surface area contributed by atoms with E-state index >= 15 is 0 Å². The highest BCUT2D eigenvalue weighted by molar-refractivity contribution is 4.92. The Labute approximate surface area is 69.8 Å². The van der Waals surface area contributed by atoms with Gasteiger partial charge in [0.2, 0.25) is 0 Å². The van der Waals surface area contributed by atoms with Gasteiger partial charge in [0.25, 0.3) is 0 Å². The molecule has 0 saturated carbocycles. The molecule has 1 heteroatoms. The highest BCUT2D eigenvalue weighted by Gasteiger charge is 2.38. The minimum Gasteiger partial charge on any atom is -0.300 e. The molecule has 2 rings (SSSR count). The molecule has 2 aliphatic heterocycles. The number of nitrogens with zero attached hydrogens (tertiary/aromatic N) is 1. The number of hydrogen-bond donors (Lipinski definition) is 0. The predicted molar refractivity (Wildman–Crippen MR) is 47.5 cm³/mol. The summed E-state index contributed by atoms with van der Waals surface area (Å²) >= 11 is 0. The molecule has 3 unspecified atom stereocenters. The molecule has 0 N–H and O–H groups in total. The summed E-state index contributed by atoms with van der Waals surface area (Å²) in [6.07, 6.45) is 4.32. The monoisotopic (exact) mass is 153 g/mol. The molecule has 2 aliphatic rings. The Morgan fingerprint density at radius 1 is 1.45 bits per heavy atom. The summed E-state index contributed by atoms with van der Waals surface area (Å²) in [6, 6.07) is 0.958. The molecule has 2 fully saturated rings. The molecule has 2 heterocycles. The Bertz CT molecular complexity index is 144. The van der Waals surface area contributed by atoms with Gasteiger partial charge < -0.3 is 0 Å². The number of fused-ring (bicyclic) bond motifs is 1. The van der Waals surface area contributed by atoms with Crippen LogP contribution in [0.4, 0.5) is 0 Å². The normalized spacial score (nSPS) is 44.7. The molecule has 64 valence electrons. The van der Waals surface area contributed by atoms with E-state index in [1.54, 1.807) is 0 Å². The quantitative estimate of drug-likeness (QED) is 0.558. The average molecular weight is 153 g/mol. The molecule has 1 nitrogen and oxygen atoms in total. The van der Waals surface area contributed by atoms with E-state index in [1.807, 2.05) is 0 Å². The molecule has 3 atom stereocenters. The summed E-state index contributed by atoms with van der Waals surface area (Å²) in [7, 11) is 0. The van der Waals surface area contributed by atoms with E-state index in [0.29, 0.717) is 0 Å². The zero-order valence-electron chi connectivity index (χ0n) is 7.71. The van der Waals surface area contributed by atoms with Gasteiger partial charge in [-0.3, -0.25) is 4.90 Å². The van der Waals surface area contributed by atoms with E-state index in [9.17, 15) is 0 Å². The van der Waals surface area contributed by atoms with Crippen molar-refractivity contribution >= 4 is 0 Å². The van der Waals surface area contributed by atoms with E-state index in [0.717, 1.165) is 17.9 Å². The molecule has 0 aliphatic carbocycles. The second kappa shape index (κ2) is 2.78. The smallest absolute Gasteiger partial charge is 0.0125 e. The first kappa shape index (κ1) is 7.60. The van der Waals surface area contributed by atoms with Crippen LogP contribution in [0.1, 0.15) is 33.1 Å². The number of hydrogen-bond acceptors (Lipinski definition) is 1. The molecular formula is C10H19N. The highest BCUT2D eigenvalue weighted by Crippen LogP contribution is 2.36. The molecule has 0 amide bonds. The second-order valence-electron chi connectivity index (χ2n) is 4.34. The van der Waals surface area contributed by atoms with E-state index in [2.05, 4.69) is 18.7 Å². The molecule has 11 heavy (non-hydrogen) atoms. The first-order valence-electron chi connectivity index (χ1n) is 5.05. The summed E-state index contributed by atoms with van der Waals surface area (Å²) in [5, 5.41) is 0. The summed E-state index contributed by atoms with van der Waals surface area (Å²) in [5.74, 6) is 1.99. The van der Waals surface area contributed by atoms with Crippen LogP contribution in [0.15, 0.2) is 0 Å². The Morgan fingerprint density at radius 3 is 2.91 bits per heavy atom. The Hall–Kier alpha value is -0.0400. The van der Waals surface area contributed by atoms with Gasteiger partial charge in [0.1, 0.15) is 0 Å². The third kappa shape index (κ3) is 1.20. The SMILES string of the molecule is CCC1CC2C(C)CCN2C1. The van der Waals surface area contributed by atoms with Crippen LogP contribution >= 0.6 is 0 Å². The van der Waals surface area contributed by atoms with Gasteiger partial charge in [-0.25, -0.2) is 0 Å². The van der Waals surface area contributed by atoms with Crippen molar-refractivity contribution in [2.75, 3.05) is 13.1 Å². The minimum atomic E-state index is 0.958. The van der Waals surface area contributed by atoms with E-state index in [1.165, 1.54) is 32.4 Å². The summed E-state index contributed by atoms with van der Waals surface area (Å²) in [5.41, 5.74) is 0. The van der Waals surface area contributed by atoms with Crippen LogP contribution in [-0.2, 0) is 0 Å². The van der Waals surface area contributed by atoms with Crippen molar-refractivity contribution in [3.63, 3.8) is 0 Å². The third-order valence-corrected chi connectivity index (χ3v) is 3.64. The van der Waals surface area contributed by atoms with Gasteiger partial charge in [-0.1, -0.05) is 20.3 Å². The average Bonchev–Trinajstić information content (AvgIpc) is 2.53. The lowest BCUT2D eigenvalue weighted by atomic mass is 9.95. The van der Waals surface area contributed by atoms with E-state index < -0.39 is 0 Å². The van der Waals surface area contributed by atoms with Crippen molar-refractivity contribution in [2.45, 2.75) is 39.2 Å². The van der Waals surface area contributed by atoms with Crippen LogP contribution in [-0.4, -0.2) is 24.0 Å². The van der Waals surface area contributed by atoms with Gasteiger partial charge in [0.15, 0.2) is 0 Å². The van der Waals surface area contributed by atoms with Gasteiger partial charge in [-0.2, -0.15) is 0 Å². The van der Waals surface area contributed by atoms with Crippen LogP contribution in [0.3, 0.4) is 0 Å². The Kier molecular flexibility index (Phi) is 1.92. The minimum absolute atomic E-state index is 0.958.